The average Bonchev–Trinajstić information content (AvgIpc) is 2.38. The van der Waals surface area contributed by atoms with Crippen molar-refractivity contribution in [3.8, 4) is 0 Å². The Hall–Kier alpha value is -2.10. The number of benzene rings is 1. The summed E-state index contributed by atoms with van der Waals surface area (Å²) in [6.07, 6.45) is 3.03. The highest BCUT2D eigenvalue weighted by Gasteiger charge is 2.11. The fourth-order valence-corrected chi connectivity index (χ4v) is 1.32. The van der Waals surface area contributed by atoms with Crippen LogP contribution in [0.1, 0.15) is 5.56 Å². The van der Waals surface area contributed by atoms with Crippen molar-refractivity contribution in [1.29, 1.82) is 0 Å². The van der Waals surface area contributed by atoms with Crippen molar-refractivity contribution in [2.75, 3.05) is 6.61 Å². The van der Waals surface area contributed by atoms with Crippen LogP contribution in [0.2, 0.25) is 0 Å². The second-order valence-corrected chi connectivity index (χ2v) is 3.30. The van der Waals surface area contributed by atoms with E-state index in [0.717, 1.165) is 5.56 Å². The summed E-state index contributed by atoms with van der Waals surface area (Å²) in [4.78, 5) is 15.5. The molecule has 1 aliphatic rings. The normalized spacial score (nSPS) is 13.9. The van der Waals surface area contributed by atoms with Gasteiger partial charge in [-0.15, -0.1) is 0 Å². The van der Waals surface area contributed by atoms with E-state index in [1.165, 1.54) is 6.20 Å². The Morgan fingerprint density at radius 2 is 2.19 bits per heavy atom. The number of rotatable bonds is 3. The summed E-state index contributed by atoms with van der Waals surface area (Å²) in [7, 11) is 0. The molecule has 0 saturated heterocycles. The van der Waals surface area contributed by atoms with Gasteiger partial charge in [-0.25, -0.2) is 0 Å². The molecular weight excluding hydrogens is 204 g/mol. The topological polar surface area (TPSA) is 50.7 Å². The second kappa shape index (κ2) is 5.11. The number of hydrogen-bond donors (Lipinski definition) is 1. The fourth-order valence-electron chi connectivity index (χ4n) is 1.32. The molecule has 0 saturated carbocycles. The lowest BCUT2D eigenvalue weighted by Gasteiger charge is -2.10. The molecule has 0 aliphatic carbocycles. The molecule has 0 unspecified atom stereocenters. The number of carbonyl (C=O) groups is 1. The van der Waals surface area contributed by atoms with Crippen LogP contribution >= 0.6 is 0 Å². The Labute approximate surface area is 93.6 Å². The highest BCUT2D eigenvalue weighted by molar-refractivity contribution is 5.92. The molecule has 4 nitrogen and oxygen atoms in total. The van der Waals surface area contributed by atoms with Crippen molar-refractivity contribution in [2.45, 2.75) is 6.54 Å². The molecule has 82 valence electrons. The molecule has 0 spiro atoms. The van der Waals surface area contributed by atoms with Gasteiger partial charge in [-0.2, -0.15) is 0 Å². The van der Waals surface area contributed by atoms with E-state index in [2.05, 4.69) is 10.3 Å². The fraction of sp³-hybridized carbons (Fsp3) is 0.167. The molecule has 0 radical (unpaired) electrons. The lowest BCUT2D eigenvalue weighted by molar-refractivity contribution is -0.120. The number of ether oxygens (including phenoxy) is 1. The molecule has 0 atom stereocenters. The summed E-state index contributed by atoms with van der Waals surface area (Å²) in [5, 5.41) is 2.76. The van der Waals surface area contributed by atoms with Gasteiger partial charge < -0.3 is 10.1 Å². The standard InChI is InChI=1S/C12H12N2O2/c15-12(11-9-13-6-7-16-11)14-8-10-4-2-1-3-5-10/h1-6,9H,7-8H2,(H,14,15). The third-order valence-corrected chi connectivity index (χ3v) is 2.13. The summed E-state index contributed by atoms with van der Waals surface area (Å²) in [6.45, 7) is 0.842. The van der Waals surface area contributed by atoms with E-state index in [1.807, 2.05) is 30.3 Å². The summed E-state index contributed by atoms with van der Waals surface area (Å²) in [6, 6.07) is 9.71. The second-order valence-electron chi connectivity index (χ2n) is 3.30. The van der Waals surface area contributed by atoms with E-state index in [9.17, 15) is 4.79 Å². The quantitative estimate of drug-likeness (QED) is 0.826. The first-order valence-electron chi connectivity index (χ1n) is 5.03. The largest absolute Gasteiger partial charge is 0.481 e. The van der Waals surface area contributed by atoms with E-state index >= 15 is 0 Å². The van der Waals surface area contributed by atoms with Crippen LogP contribution in [0.5, 0.6) is 0 Å². The Morgan fingerprint density at radius 1 is 1.38 bits per heavy atom. The van der Waals surface area contributed by atoms with Crippen LogP contribution in [-0.4, -0.2) is 18.7 Å². The summed E-state index contributed by atoms with van der Waals surface area (Å²) in [5.41, 5.74) is 1.05. The summed E-state index contributed by atoms with van der Waals surface area (Å²) >= 11 is 0. The van der Waals surface area contributed by atoms with E-state index in [0.29, 0.717) is 13.2 Å². The number of carbonyl (C=O) groups excluding carboxylic acids is 1. The van der Waals surface area contributed by atoms with Crippen molar-refractivity contribution in [3.05, 3.63) is 47.9 Å². The molecule has 2 rings (SSSR count). The van der Waals surface area contributed by atoms with Gasteiger partial charge in [-0.05, 0) is 5.56 Å². The first-order chi connectivity index (χ1) is 7.86. The highest BCUT2D eigenvalue weighted by atomic mass is 16.5. The molecule has 1 aromatic carbocycles. The van der Waals surface area contributed by atoms with E-state index < -0.39 is 0 Å². The van der Waals surface area contributed by atoms with Gasteiger partial charge in [0.25, 0.3) is 5.91 Å². The van der Waals surface area contributed by atoms with Gasteiger partial charge in [0.2, 0.25) is 5.76 Å². The zero-order valence-corrected chi connectivity index (χ0v) is 8.72. The van der Waals surface area contributed by atoms with Crippen LogP contribution in [-0.2, 0) is 16.1 Å². The molecule has 1 aliphatic heterocycles. The first kappa shape index (κ1) is 10.4. The monoisotopic (exact) mass is 216 g/mol. The zero-order valence-electron chi connectivity index (χ0n) is 8.72. The SMILES string of the molecule is O=C(NCc1ccccc1)C1=CN=CCO1. The van der Waals surface area contributed by atoms with Crippen LogP contribution in [0.15, 0.2) is 47.3 Å². The minimum absolute atomic E-state index is 0.235. The molecular formula is C12H12N2O2. The van der Waals surface area contributed by atoms with Gasteiger partial charge in [0.05, 0.1) is 6.20 Å². The molecule has 1 amide bonds. The molecule has 1 aromatic rings. The number of nitrogens with one attached hydrogen (secondary N) is 1. The van der Waals surface area contributed by atoms with Crippen LogP contribution in [0, 0.1) is 0 Å². The minimum Gasteiger partial charge on any atom is -0.481 e. The van der Waals surface area contributed by atoms with Gasteiger partial charge >= 0.3 is 0 Å². The van der Waals surface area contributed by atoms with Gasteiger partial charge in [0, 0.05) is 12.8 Å². The van der Waals surface area contributed by atoms with Crippen molar-refractivity contribution in [1.82, 2.24) is 5.32 Å². The molecule has 0 bridgehead atoms. The summed E-state index contributed by atoms with van der Waals surface area (Å²) < 4.78 is 5.13. The number of aliphatic imine (C=N–C) groups is 1. The maximum atomic E-state index is 11.6. The lowest BCUT2D eigenvalue weighted by Crippen LogP contribution is -2.26. The van der Waals surface area contributed by atoms with Gasteiger partial charge in [-0.1, -0.05) is 30.3 Å². The number of hydrogen-bond acceptors (Lipinski definition) is 3. The average molecular weight is 216 g/mol. The molecule has 4 heteroatoms. The minimum atomic E-state index is -0.235. The van der Waals surface area contributed by atoms with Crippen LogP contribution in [0.4, 0.5) is 0 Å². The van der Waals surface area contributed by atoms with Crippen LogP contribution in [0.25, 0.3) is 0 Å². The van der Waals surface area contributed by atoms with Crippen LogP contribution in [0.3, 0.4) is 0 Å². The third kappa shape index (κ3) is 2.70. The van der Waals surface area contributed by atoms with E-state index in [-0.39, 0.29) is 11.7 Å². The third-order valence-electron chi connectivity index (χ3n) is 2.13. The van der Waals surface area contributed by atoms with Gasteiger partial charge in [0.1, 0.15) is 6.61 Å². The molecule has 16 heavy (non-hydrogen) atoms. The lowest BCUT2D eigenvalue weighted by atomic mass is 10.2. The smallest absolute Gasteiger partial charge is 0.288 e. The summed E-state index contributed by atoms with van der Waals surface area (Å²) in [5.74, 6) is 0.0270. The Balaban J connectivity index is 1.89. The van der Waals surface area contributed by atoms with Gasteiger partial charge in [0.15, 0.2) is 0 Å². The van der Waals surface area contributed by atoms with Crippen LogP contribution < -0.4 is 5.32 Å². The van der Waals surface area contributed by atoms with Crippen molar-refractivity contribution in [3.63, 3.8) is 0 Å². The number of nitrogens with zero attached hydrogens (tertiary/aromatic N) is 1. The Kier molecular flexibility index (Phi) is 3.33. The van der Waals surface area contributed by atoms with Crippen molar-refractivity contribution >= 4 is 12.1 Å². The molecule has 0 aromatic heterocycles. The molecule has 1 N–H and O–H groups in total. The van der Waals surface area contributed by atoms with E-state index in [4.69, 9.17) is 4.74 Å². The first-order valence-corrected chi connectivity index (χ1v) is 5.03. The van der Waals surface area contributed by atoms with Crippen molar-refractivity contribution < 1.29 is 9.53 Å². The predicted molar refractivity (Wildman–Crippen MR) is 60.8 cm³/mol. The zero-order chi connectivity index (χ0) is 11.2. The van der Waals surface area contributed by atoms with Crippen molar-refractivity contribution in [2.24, 2.45) is 4.99 Å². The van der Waals surface area contributed by atoms with E-state index in [1.54, 1.807) is 6.21 Å². The maximum Gasteiger partial charge on any atom is 0.288 e. The predicted octanol–water partition coefficient (Wildman–Crippen LogP) is 1.25. The van der Waals surface area contributed by atoms with Gasteiger partial charge in [-0.3, -0.25) is 9.79 Å². The molecule has 0 fully saturated rings. The number of amides is 1. The highest BCUT2D eigenvalue weighted by Crippen LogP contribution is 2.03. The Bertz CT molecular complexity index is 424. The maximum absolute atomic E-state index is 11.6. The Morgan fingerprint density at radius 3 is 2.88 bits per heavy atom. The molecule has 1 heterocycles.